The molecule has 120 valence electrons. The lowest BCUT2D eigenvalue weighted by atomic mass is 10.0. The zero-order valence-electron chi connectivity index (χ0n) is 13.2. The van der Waals surface area contributed by atoms with E-state index in [9.17, 15) is 0 Å². The fourth-order valence-corrected chi connectivity index (χ4v) is 3.32. The van der Waals surface area contributed by atoms with Crippen LogP contribution in [0.4, 0.5) is 5.69 Å². The van der Waals surface area contributed by atoms with E-state index in [-0.39, 0.29) is 0 Å². The van der Waals surface area contributed by atoms with Crippen LogP contribution in [-0.4, -0.2) is 5.04 Å². The van der Waals surface area contributed by atoms with Crippen molar-refractivity contribution in [3.63, 3.8) is 0 Å². The summed E-state index contributed by atoms with van der Waals surface area (Å²) in [7, 11) is 0. The Morgan fingerprint density at radius 1 is 1.23 bits per heavy atom. The summed E-state index contributed by atoms with van der Waals surface area (Å²) in [5, 5.41) is 6.07. The van der Waals surface area contributed by atoms with Gasteiger partial charge in [0.25, 0.3) is 0 Å². The largest absolute Gasteiger partial charge is 0.399 e. The molecule has 3 N–H and O–H groups in total. The number of halogens is 2. The van der Waals surface area contributed by atoms with Crippen molar-refractivity contribution in [1.82, 2.24) is 5.43 Å². The van der Waals surface area contributed by atoms with Crippen molar-refractivity contribution in [2.75, 3.05) is 5.73 Å². The predicted octanol–water partition coefficient (Wildman–Crippen LogP) is 5.71. The van der Waals surface area contributed by atoms with E-state index in [1.807, 2.05) is 19.9 Å². The second kappa shape index (κ2) is 8.51. The van der Waals surface area contributed by atoms with E-state index in [1.54, 1.807) is 12.1 Å². The lowest BCUT2D eigenvalue weighted by molar-refractivity contribution is 0.737. The summed E-state index contributed by atoms with van der Waals surface area (Å²) in [6, 6.07) is 3.36. The lowest BCUT2D eigenvalue weighted by Gasteiger charge is -2.19. The Hall–Kier alpha value is -1.10. The average Bonchev–Trinajstić information content (AvgIpc) is 2.46. The van der Waals surface area contributed by atoms with E-state index in [0.29, 0.717) is 21.7 Å². The SMILES string of the molecule is C=C1NN=C(Sc2c(Cl)cc(N)cc2Cl)C=C1C(C)C.CC. The van der Waals surface area contributed by atoms with Crippen LogP contribution in [0.5, 0.6) is 0 Å². The van der Waals surface area contributed by atoms with Crippen LogP contribution in [0.15, 0.2) is 46.1 Å². The van der Waals surface area contributed by atoms with Crippen LogP contribution in [-0.2, 0) is 0 Å². The standard InChI is InChI=1S/C14H15Cl2N3S.C2H6/c1-7(2)10-6-13(19-18-8(10)3)20-14-11(15)4-9(17)5-12(14)16;1-2/h4-7,18H,3,17H2,1-2H3;1-2H3. The van der Waals surface area contributed by atoms with Gasteiger partial charge in [-0.15, -0.1) is 0 Å². The Morgan fingerprint density at radius 3 is 2.27 bits per heavy atom. The quantitative estimate of drug-likeness (QED) is 0.666. The maximum atomic E-state index is 6.18. The van der Waals surface area contributed by atoms with Gasteiger partial charge in [0.2, 0.25) is 0 Å². The van der Waals surface area contributed by atoms with Crippen molar-refractivity contribution in [3.8, 4) is 0 Å². The fourth-order valence-electron chi connectivity index (χ4n) is 1.79. The number of nitrogens with zero attached hydrogens (tertiary/aromatic N) is 1. The fraction of sp³-hybridized carbons (Fsp3) is 0.312. The average molecular weight is 358 g/mol. The molecule has 1 heterocycles. The van der Waals surface area contributed by atoms with Crippen LogP contribution in [0.1, 0.15) is 27.7 Å². The van der Waals surface area contributed by atoms with Crippen molar-refractivity contribution in [2.45, 2.75) is 32.6 Å². The van der Waals surface area contributed by atoms with Crippen molar-refractivity contribution >= 4 is 45.7 Å². The molecule has 2 rings (SSSR count). The number of anilines is 1. The number of hydrogen-bond acceptors (Lipinski definition) is 4. The summed E-state index contributed by atoms with van der Waals surface area (Å²) >= 11 is 13.8. The molecule has 1 aliphatic rings. The topological polar surface area (TPSA) is 50.4 Å². The van der Waals surface area contributed by atoms with E-state index in [4.69, 9.17) is 28.9 Å². The van der Waals surface area contributed by atoms with Crippen molar-refractivity contribution in [2.24, 2.45) is 11.0 Å². The molecule has 0 bridgehead atoms. The highest BCUT2D eigenvalue weighted by atomic mass is 35.5. The molecule has 0 amide bonds. The molecule has 0 atom stereocenters. The zero-order valence-corrected chi connectivity index (χ0v) is 15.5. The van der Waals surface area contributed by atoms with E-state index in [0.717, 1.165) is 21.2 Å². The number of nitrogens with one attached hydrogen (secondary N) is 1. The Kier molecular flexibility index (Phi) is 7.33. The third kappa shape index (κ3) is 4.70. The Balaban J connectivity index is 0.00000116. The molecule has 1 aliphatic heterocycles. The Labute approximate surface area is 146 Å². The van der Waals surface area contributed by atoms with Gasteiger partial charge in [0.05, 0.1) is 20.6 Å². The number of allylic oxidation sites excluding steroid dienone is 1. The van der Waals surface area contributed by atoms with Gasteiger partial charge in [-0.3, -0.25) is 5.43 Å². The molecule has 6 heteroatoms. The zero-order chi connectivity index (χ0) is 16.9. The van der Waals surface area contributed by atoms with Crippen LogP contribution in [0.25, 0.3) is 0 Å². The number of nitrogens with two attached hydrogens (primary N) is 1. The molecule has 0 spiro atoms. The molecule has 0 aromatic heterocycles. The minimum atomic E-state index is 0.360. The van der Waals surface area contributed by atoms with E-state index < -0.39 is 0 Å². The normalized spacial score (nSPS) is 13.9. The first-order valence-electron chi connectivity index (χ1n) is 7.05. The maximum Gasteiger partial charge on any atom is 0.122 e. The van der Waals surface area contributed by atoms with Gasteiger partial charge in [-0.1, -0.05) is 69.2 Å². The monoisotopic (exact) mass is 357 g/mol. The maximum absolute atomic E-state index is 6.18. The molecule has 3 nitrogen and oxygen atoms in total. The molecule has 0 radical (unpaired) electrons. The van der Waals surface area contributed by atoms with Crippen molar-refractivity contribution < 1.29 is 0 Å². The number of hydrogen-bond donors (Lipinski definition) is 2. The van der Waals surface area contributed by atoms with E-state index in [1.165, 1.54) is 11.8 Å². The second-order valence-corrected chi connectivity index (χ2v) is 6.56. The van der Waals surface area contributed by atoms with Crippen LogP contribution in [0.3, 0.4) is 0 Å². The first-order valence-corrected chi connectivity index (χ1v) is 8.62. The molecule has 0 aliphatic carbocycles. The summed E-state index contributed by atoms with van der Waals surface area (Å²) in [6.45, 7) is 12.2. The number of nitrogen functional groups attached to an aromatic ring is 1. The summed E-state index contributed by atoms with van der Waals surface area (Å²) in [5.74, 6) is 0.360. The smallest absolute Gasteiger partial charge is 0.122 e. The Bertz CT molecular complexity index is 599. The first kappa shape index (κ1) is 18.9. The number of thioether (sulfide) groups is 1. The molecule has 0 fully saturated rings. The van der Waals surface area contributed by atoms with Crippen LogP contribution < -0.4 is 11.2 Å². The van der Waals surface area contributed by atoms with E-state index in [2.05, 4.69) is 31.0 Å². The van der Waals surface area contributed by atoms with Crippen LogP contribution in [0, 0.1) is 5.92 Å². The summed E-state index contributed by atoms with van der Waals surface area (Å²) in [5.41, 5.74) is 11.1. The van der Waals surface area contributed by atoms with Crippen molar-refractivity contribution in [3.05, 3.63) is 46.1 Å². The van der Waals surface area contributed by atoms with Gasteiger partial charge in [-0.25, -0.2) is 0 Å². The summed E-state index contributed by atoms with van der Waals surface area (Å²) < 4.78 is 0. The summed E-state index contributed by atoms with van der Waals surface area (Å²) in [4.78, 5) is 0.745. The minimum Gasteiger partial charge on any atom is -0.399 e. The highest BCUT2D eigenvalue weighted by Crippen LogP contribution is 2.38. The molecule has 0 saturated heterocycles. The third-order valence-corrected chi connectivity index (χ3v) is 4.66. The second-order valence-electron chi connectivity index (χ2n) is 4.71. The highest BCUT2D eigenvalue weighted by Gasteiger charge is 2.17. The molecule has 1 aromatic rings. The van der Waals surface area contributed by atoms with Gasteiger partial charge >= 0.3 is 0 Å². The molecule has 0 unspecified atom stereocenters. The third-order valence-electron chi connectivity index (χ3n) is 2.78. The predicted molar refractivity (Wildman–Crippen MR) is 101 cm³/mol. The van der Waals surface area contributed by atoms with Gasteiger partial charge in [-0.05, 0) is 29.7 Å². The first-order chi connectivity index (χ1) is 10.4. The number of benzene rings is 1. The minimum absolute atomic E-state index is 0.360. The molecular weight excluding hydrogens is 337 g/mol. The molecule has 22 heavy (non-hydrogen) atoms. The van der Waals surface area contributed by atoms with Crippen LogP contribution >= 0.6 is 35.0 Å². The number of rotatable bonds is 2. The van der Waals surface area contributed by atoms with Gasteiger partial charge in [0.1, 0.15) is 5.04 Å². The van der Waals surface area contributed by atoms with Crippen LogP contribution in [0.2, 0.25) is 10.0 Å². The molecule has 0 saturated carbocycles. The Morgan fingerprint density at radius 2 is 1.77 bits per heavy atom. The van der Waals surface area contributed by atoms with Gasteiger partial charge in [0.15, 0.2) is 0 Å². The van der Waals surface area contributed by atoms with Gasteiger partial charge in [0, 0.05) is 5.69 Å². The van der Waals surface area contributed by atoms with Gasteiger partial charge < -0.3 is 5.73 Å². The lowest BCUT2D eigenvalue weighted by Crippen LogP contribution is -2.17. The molecular formula is C16H21Cl2N3S. The van der Waals surface area contributed by atoms with Crippen molar-refractivity contribution in [1.29, 1.82) is 0 Å². The highest BCUT2D eigenvalue weighted by molar-refractivity contribution is 8.14. The molecule has 1 aromatic carbocycles. The van der Waals surface area contributed by atoms with Gasteiger partial charge in [-0.2, -0.15) is 5.10 Å². The summed E-state index contributed by atoms with van der Waals surface area (Å²) in [6.07, 6.45) is 2.00. The number of hydrazone groups is 1. The van der Waals surface area contributed by atoms with E-state index >= 15 is 0 Å².